The summed E-state index contributed by atoms with van der Waals surface area (Å²) >= 11 is 0. The summed E-state index contributed by atoms with van der Waals surface area (Å²) in [5.74, 6) is 3.30. The standard InChI is InChI=1S/C31H50O/c1-20(2)21(3)9-10-22(4)23-13-15-29(8)25-12-11-24-27(5,6)26(32)14-16-30(24)19-31(25,30)18-17-28(23,29)7/h22-26,32H,1,3,9-19H2,2,4-8H3/t22-,23-,24+,25+,26+,28-,29+,30-,31+/m1/s1. The van der Waals surface area contributed by atoms with Gasteiger partial charge in [-0.3, -0.25) is 0 Å². The lowest BCUT2D eigenvalue weighted by atomic mass is 9.41. The number of rotatable bonds is 5. The predicted molar refractivity (Wildman–Crippen MR) is 135 cm³/mol. The summed E-state index contributed by atoms with van der Waals surface area (Å²) in [5, 5.41) is 10.9. The topological polar surface area (TPSA) is 20.2 Å². The molecule has 1 heteroatoms. The van der Waals surface area contributed by atoms with Crippen LogP contribution in [0.15, 0.2) is 24.3 Å². The molecule has 5 saturated carbocycles. The number of fused-ring (bicyclic) bond motifs is 2. The predicted octanol–water partition coefficient (Wildman–Crippen LogP) is 8.34. The van der Waals surface area contributed by atoms with Crippen LogP contribution >= 0.6 is 0 Å². The maximum atomic E-state index is 10.9. The molecule has 0 aromatic carbocycles. The molecule has 0 unspecified atom stereocenters. The second-order valence-electron chi connectivity index (χ2n) is 14.4. The van der Waals surface area contributed by atoms with Crippen molar-refractivity contribution in [3.05, 3.63) is 24.3 Å². The molecule has 2 spiro atoms. The van der Waals surface area contributed by atoms with E-state index in [0.29, 0.717) is 21.7 Å². The Kier molecular flexibility index (Phi) is 5.07. The van der Waals surface area contributed by atoms with Gasteiger partial charge in [0.1, 0.15) is 0 Å². The fourth-order valence-electron chi connectivity index (χ4n) is 11.1. The van der Waals surface area contributed by atoms with Gasteiger partial charge in [0, 0.05) is 0 Å². The van der Waals surface area contributed by atoms with E-state index in [1.807, 2.05) is 0 Å². The monoisotopic (exact) mass is 438 g/mol. The van der Waals surface area contributed by atoms with E-state index in [4.69, 9.17) is 0 Å². The average Bonchev–Trinajstić information content (AvgIpc) is 3.31. The zero-order valence-corrected chi connectivity index (χ0v) is 22.0. The summed E-state index contributed by atoms with van der Waals surface area (Å²) in [6, 6.07) is 0. The summed E-state index contributed by atoms with van der Waals surface area (Å²) < 4.78 is 0. The third-order valence-electron chi connectivity index (χ3n) is 13.3. The Morgan fingerprint density at radius 1 is 0.875 bits per heavy atom. The second-order valence-corrected chi connectivity index (χ2v) is 14.4. The zero-order chi connectivity index (χ0) is 23.3. The molecule has 0 heterocycles. The van der Waals surface area contributed by atoms with Crippen molar-refractivity contribution in [1.82, 2.24) is 0 Å². The van der Waals surface area contributed by atoms with Gasteiger partial charge in [0.2, 0.25) is 0 Å². The van der Waals surface area contributed by atoms with Gasteiger partial charge in [-0.05, 0) is 128 Å². The zero-order valence-electron chi connectivity index (χ0n) is 22.0. The Labute approximate surface area is 198 Å². The van der Waals surface area contributed by atoms with E-state index < -0.39 is 0 Å². The Morgan fingerprint density at radius 2 is 1.53 bits per heavy atom. The van der Waals surface area contributed by atoms with Gasteiger partial charge in [-0.1, -0.05) is 58.9 Å². The molecular weight excluding hydrogens is 388 g/mol. The van der Waals surface area contributed by atoms with Gasteiger partial charge in [-0.2, -0.15) is 0 Å². The SMILES string of the molecule is C=C(C)C(=C)CC[C@@H](C)[C@H]1CC[C@@]2(C)[C@@H]3CC[C@H]4C(C)(C)[C@@H](O)CC[C@@]45C[C@@]35CC[C@]12C. The van der Waals surface area contributed by atoms with Crippen LogP contribution in [-0.2, 0) is 0 Å². The van der Waals surface area contributed by atoms with Crippen molar-refractivity contribution >= 4 is 0 Å². The van der Waals surface area contributed by atoms with Crippen LogP contribution < -0.4 is 0 Å². The van der Waals surface area contributed by atoms with Gasteiger partial charge < -0.3 is 5.11 Å². The fourth-order valence-corrected chi connectivity index (χ4v) is 11.1. The van der Waals surface area contributed by atoms with E-state index in [1.165, 1.54) is 63.4 Å². The number of hydrogen-bond donors (Lipinski definition) is 1. The first-order chi connectivity index (χ1) is 14.9. The van der Waals surface area contributed by atoms with Crippen molar-refractivity contribution in [1.29, 1.82) is 0 Å². The van der Waals surface area contributed by atoms with Gasteiger partial charge in [-0.15, -0.1) is 0 Å². The van der Waals surface area contributed by atoms with E-state index in [2.05, 4.69) is 54.7 Å². The lowest BCUT2D eigenvalue weighted by molar-refractivity contribution is -0.161. The summed E-state index contributed by atoms with van der Waals surface area (Å²) in [5.41, 5.74) is 4.69. The largest absolute Gasteiger partial charge is 0.393 e. The Morgan fingerprint density at radius 3 is 2.22 bits per heavy atom. The fraction of sp³-hybridized carbons (Fsp3) is 0.871. The highest BCUT2D eigenvalue weighted by Gasteiger charge is 2.82. The third kappa shape index (κ3) is 2.67. The van der Waals surface area contributed by atoms with Gasteiger partial charge in [0.15, 0.2) is 0 Å². The normalized spacial score (nSPS) is 51.6. The molecule has 5 fully saturated rings. The van der Waals surface area contributed by atoms with E-state index in [-0.39, 0.29) is 11.5 Å². The third-order valence-corrected chi connectivity index (χ3v) is 13.3. The van der Waals surface area contributed by atoms with Gasteiger partial charge in [0.05, 0.1) is 6.10 Å². The van der Waals surface area contributed by atoms with Crippen LogP contribution in [0.3, 0.4) is 0 Å². The lowest BCUT2D eigenvalue weighted by Crippen LogP contribution is -2.57. The lowest BCUT2D eigenvalue weighted by Gasteiger charge is -2.63. The number of aliphatic hydroxyl groups is 1. The van der Waals surface area contributed by atoms with Crippen LogP contribution in [0.1, 0.15) is 112 Å². The molecule has 0 amide bonds. The first-order valence-corrected chi connectivity index (χ1v) is 13.9. The van der Waals surface area contributed by atoms with Crippen LogP contribution in [0.25, 0.3) is 0 Å². The first kappa shape index (κ1) is 23.2. The van der Waals surface area contributed by atoms with Crippen molar-refractivity contribution in [3.8, 4) is 0 Å². The molecule has 1 N–H and O–H groups in total. The minimum absolute atomic E-state index is 0.0950. The molecule has 5 rings (SSSR count). The van der Waals surface area contributed by atoms with Gasteiger partial charge in [-0.25, -0.2) is 0 Å². The molecule has 0 aromatic heterocycles. The second kappa shape index (κ2) is 6.99. The number of allylic oxidation sites excluding steroid dienone is 2. The molecule has 0 radical (unpaired) electrons. The van der Waals surface area contributed by atoms with Crippen LogP contribution in [0.2, 0.25) is 0 Å². The summed E-state index contributed by atoms with van der Waals surface area (Å²) in [6.07, 6.45) is 14.7. The Balaban J connectivity index is 1.39. The maximum Gasteiger partial charge on any atom is 0.0594 e. The molecule has 1 nitrogen and oxygen atoms in total. The van der Waals surface area contributed by atoms with E-state index >= 15 is 0 Å². The molecule has 0 saturated heterocycles. The quantitative estimate of drug-likeness (QED) is 0.428. The molecule has 180 valence electrons. The highest BCUT2D eigenvalue weighted by Crippen LogP contribution is 2.89. The van der Waals surface area contributed by atoms with Crippen LogP contribution in [-0.4, -0.2) is 11.2 Å². The van der Waals surface area contributed by atoms with E-state index in [0.717, 1.165) is 42.1 Å². The molecule has 32 heavy (non-hydrogen) atoms. The molecule has 9 atom stereocenters. The van der Waals surface area contributed by atoms with Crippen molar-refractivity contribution < 1.29 is 5.11 Å². The number of aliphatic hydroxyl groups excluding tert-OH is 1. The van der Waals surface area contributed by atoms with Crippen molar-refractivity contribution in [2.45, 2.75) is 118 Å². The summed E-state index contributed by atoms with van der Waals surface area (Å²) in [6.45, 7) is 23.2. The molecular formula is C31H50O. The highest BCUT2D eigenvalue weighted by molar-refractivity contribution is 5.30. The minimum atomic E-state index is -0.0950. The van der Waals surface area contributed by atoms with Crippen LogP contribution in [0, 0.1) is 50.7 Å². The molecule has 5 aliphatic rings. The minimum Gasteiger partial charge on any atom is -0.393 e. The maximum absolute atomic E-state index is 10.9. The average molecular weight is 439 g/mol. The summed E-state index contributed by atoms with van der Waals surface area (Å²) in [7, 11) is 0. The molecule has 0 aromatic rings. The smallest absolute Gasteiger partial charge is 0.0594 e. The van der Waals surface area contributed by atoms with Gasteiger partial charge in [0.25, 0.3) is 0 Å². The van der Waals surface area contributed by atoms with Crippen LogP contribution in [0.5, 0.6) is 0 Å². The highest BCUT2D eigenvalue weighted by atomic mass is 16.3. The van der Waals surface area contributed by atoms with Crippen molar-refractivity contribution in [3.63, 3.8) is 0 Å². The van der Waals surface area contributed by atoms with E-state index in [9.17, 15) is 5.11 Å². The Bertz CT molecular complexity index is 822. The molecule has 0 aliphatic heterocycles. The molecule has 5 aliphatic carbocycles. The van der Waals surface area contributed by atoms with Crippen LogP contribution in [0.4, 0.5) is 0 Å². The van der Waals surface area contributed by atoms with Gasteiger partial charge >= 0.3 is 0 Å². The number of hydrogen-bond acceptors (Lipinski definition) is 1. The van der Waals surface area contributed by atoms with E-state index in [1.54, 1.807) is 0 Å². The Hall–Kier alpha value is -0.560. The van der Waals surface area contributed by atoms with Crippen molar-refractivity contribution in [2.24, 2.45) is 50.7 Å². The first-order valence-electron chi connectivity index (χ1n) is 13.9. The molecule has 0 bridgehead atoms. The summed E-state index contributed by atoms with van der Waals surface area (Å²) in [4.78, 5) is 0. The van der Waals surface area contributed by atoms with Crippen molar-refractivity contribution in [2.75, 3.05) is 0 Å².